The number of rotatable bonds is 5. The Kier molecular flexibility index (Phi) is 4.97. The number of benzene rings is 1. The van der Waals surface area contributed by atoms with Crippen LogP contribution < -0.4 is 4.74 Å². The molecule has 1 aromatic carbocycles. The van der Waals surface area contributed by atoms with Gasteiger partial charge in [0, 0.05) is 19.1 Å². The molecule has 0 amide bonds. The van der Waals surface area contributed by atoms with E-state index >= 15 is 0 Å². The van der Waals surface area contributed by atoms with Crippen molar-refractivity contribution in [2.24, 2.45) is 0 Å². The van der Waals surface area contributed by atoms with Crippen LogP contribution in [0.1, 0.15) is 36.1 Å². The Bertz CT molecular complexity index is 374. The molecule has 1 N–H and O–H groups in total. The Labute approximate surface area is 103 Å². The first-order valence-electron chi connectivity index (χ1n) is 5.86. The summed E-state index contributed by atoms with van der Waals surface area (Å²) >= 11 is 0. The van der Waals surface area contributed by atoms with Crippen molar-refractivity contribution in [1.82, 2.24) is 0 Å². The molecule has 0 radical (unpaired) electrons. The zero-order chi connectivity index (χ0) is 13.0. The lowest BCUT2D eigenvalue weighted by Crippen LogP contribution is -2.12. The van der Waals surface area contributed by atoms with Crippen LogP contribution in [-0.4, -0.2) is 25.4 Å². The molecule has 0 spiro atoms. The summed E-state index contributed by atoms with van der Waals surface area (Å²) in [7, 11) is 3.28. The average Bonchev–Trinajstić information content (AvgIpc) is 2.31. The van der Waals surface area contributed by atoms with E-state index < -0.39 is 6.10 Å². The third-order valence-corrected chi connectivity index (χ3v) is 3.23. The Morgan fingerprint density at radius 3 is 2.41 bits per heavy atom. The molecule has 2 atom stereocenters. The number of hydrogen-bond acceptors (Lipinski definition) is 3. The maximum absolute atomic E-state index is 10.2. The van der Waals surface area contributed by atoms with Crippen molar-refractivity contribution in [3.8, 4) is 5.75 Å². The summed E-state index contributed by atoms with van der Waals surface area (Å²) in [5.41, 5.74) is 3.08. The van der Waals surface area contributed by atoms with E-state index in [1.54, 1.807) is 14.2 Å². The molecule has 0 aliphatic rings. The van der Waals surface area contributed by atoms with Gasteiger partial charge in [-0.3, -0.25) is 0 Å². The first-order chi connectivity index (χ1) is 8.01. The molecule has 1 aromatic rings. The summed E-state index contributed by atoms with van der Waals surface area (Å²) in [4.78, 5) is 0. The maximum atomic E-state index is 10.2. The van der Waals surface area contributed by atoms with E-state index in [0.717, 1.165) is 22.4 Å². The molecule has 17 heavy (non-hydrogen) atoms. The first-order valence-corrected chi connectivity index (χ1v) is 5.86. The number of ether oxygens (including phenoxy) is 2. The minimum Gasteiger partial charge on any atom is -0.496 e. The molecule has 0 aromatic heterocycles. The number of methoxy groups -OCH3 is 2. The second-order valence-corrected chi connectivity index (χ2v) is 4.43. The molecular formula is C14H22O3. The molecule has 0 fully saturated rings. The third kappa shape index (κ3) is 3.20. The highest BCUT2D eigenvalue weighted by atomic mass is 16.5. The van der Waals surface area contributed by atoms with Crippen LogP contribution in [0.2, 0.25) is 0 Å². The standard InChI is InChI=1S/C14H22O3/c1-9-6-7-12(14(17-5)11(9)3)13(15)8-10(2)16-4/h6-7,10,13,15H,8H2,1-5H3. The van der Waals surface area contributed by atoms with E-state index in [2.05, 4.69) is 0 Å². The number of aryl methyl sites for hydroxylation is 1. The Hall–Kier alpha value is -1.06. The molecule has 3 nitrogen and oxygen atoms in total. The molecular weight excluding hydrogens is 216 g/mol. The van der Waals surface area contributed by atoms with E-state index in [-0.39, 0.29) is 6.10 Å². The molecule has 96 valence electrons. The predicted octanol–water partition coefficient (Wildman–Crippen LogP) is 2.77. The quantitative estimate of drug-likeness (QED) is 0.857. The van der Waals surface area contributed by atoms with Crippen molar-refractivity contribution < 1.29 is 14.6 Å². The number of aliphatic hydroxyl groups is 1. The van der Waals surface area contributed by atoms with Crippen molar-refractivity contribution >= 4 is 0 Å². The van der Waals surface area contributed by atoms with Crippen molar-refractivity contribution in [3.05, 3.63) is 28.8 Å². The summed E-state index contributed by atoms with van der Waals surface area (Å²) in [5, 5.41) is 10.2. The minimum absolute atomic E-state index is 0.0244. The van der Waals surface area contributed by atoms with Gasteiger partial charge in [-0.1, -0.05) is 12.1 Å². The molecule has 0 saturated carbocycles. The van der Waals surface area contributed by atoms with E-state index in [1.165, 1.54) is 0 Å². The molecule has 3 heteroatoms. The van der Waals surface area contributed by atoms with Crippen LogP contribution >= 0.6 is 0 Å². The largest absolute Gasteiger partial charge is 0.496 e. The van der Waals surface area contributed by atoms with Gasteiger partial charge < -0.3 is 14.6 Å². The van der Waals surface area contributed by atoms with Crippen LogP contribution in [0.4, 0.5) is 0 Å². The summed E-state index contributed by atoms with van der Waals surface area (Å²) in [6, 6.07) is 3.93. The summed E-state index contributed by atoms with van der Waals surface area (Å²) in [5.74, 6) is 0.779. The van der Waals surface area contributed by atoms with E-state index in [1.807, 2.05) is 32.9 Å². The molecule has 0 aliphatic carbocycles. The third-order valence-electron chi connectivity index (χ3n) is 3.23. The highest BCUT2D eigenvalue weighted by molar-refractivity contribution is 5.46. The highest BCUT2D eigenvalue weighted by Crippen LogP contribution is 2.32. The normalized spacial score (nSPS) is 14.5. The van der Waals surface area contributed by atoms with Gasteiger partial charge in [0.05, 0.1) is 19.3 Å². The van der Waals surface area contributed by atoms with E-state index in [4.69, 9.17) is 9.47 Å². The zero-order valence-electron chi connectivity index (χ0n) is 11.3. The lowest BCUT2D eigenvalue weighted by atomic mass is 9.98. The van der Waals surface area contributed by atoms with Gasteiger partial charge in [-0.25, -0.2) is 0 Å². The molecule has 1 rings (SSSR count). The lowest BCUT2D eigenvalue weighted by molar-refractivity contribution is 0.0550. The first kappa shape index (κ1) is 14.0. The van der Waals surface area contributed by atoms with Crippen LogP contribution in [0.15, 0.2) is 12.1 Å². The van der Waals surface area contributed by atoms with Gasteiger partial charge in [0.1, 0.15) is 5.75 Å². The smallest absolute Gasteiger partial charge is 0.127 e. The Morgan fingerprint density at radius 2 is 1.88 bits per heavy atom. The number of hydrogen-bond donors (Lipinski definition) is 1. The van der Waals surface area contributed by atoms with Crippen molar-refractivity contribution in [3.63, 3.8) is 0 Å². The van der Waals surface area contributed by atoms with E-state index in [9.17, 15) is 5.11 Å². The Morgan fingerprint density at radius 1 is 1.24 bits per heavy atom. The Balaban J connectivity index is 3.01. The van der Waals surface area contributed by atoms with Gasteiger partial charge in [0.25, 0.3) is 0 Å². The van der Waals surface area contributed by atoms with Crippen molar-refractivity contribution in [1.29, 1.82) is 0 Å². The molecule has 2 unspecified atom stereocenters. The van der Waals surface area contributed by atoms with Gasteiger partial charge >= 0.3 is 0 Å². The summed E-state index contributed by atoms with van der Waals surface area (Å²) in [6.07, 6.45) is 0.0329. The van der Waals surface area contributed by atoms with Gasteiger partial charge in [-0.05, 0) is 31.9 Å². The monoisotopic (exact) mass is 238 g/mol. The molecule has 0 heterocycles. The second-order valence-electron chi connectivity index (χ2n) is 4.43. The minimum atomic E-state index is -0.556. The average molecular weight is 238 g/mol. The van der Waals surface area contributed by atoms with Crippen LogP contribution in [0.25, 0.3) is 0 Å². The zero-order valence-corrected chi connectivity index (χ0v) is 11.3. The second kappa shape index (κ2) is 6.03. The fraction of sp³-hybridized carbons (Fsp3) is 0.571. The maximum Gasteiger partial charge on any atom is 0.127 e. The lowest BCUT2D eigenvalue weighted by Gasteiger charge is -2.20. The van der Waals surface area contributed by atoms with Gasteiger partial charge in [0.15, 0.2) is 0 Å². The predicted molar refractivity (Wildman–Crippen MR) is 68.5 cm³/mol. The highest BCUT2D eigenvalue weighted by Gasteiger charge is 2.18. The summed E-state index contributed by atoms with van der Waals surface area (Å²) in [6.45, 7) is 5.98. The molecule has 0 saturated heterocycles. The van der Waals surface area contributed by atoms with Crippen molar-refractivity contribution in [2.75, 3.05) is 14.2 Å². The summed E-state index contributed by atoms with van der Waals surface area (Å²) < 4.78 is 10.6. The van der Waals surface area contributed by atoms with Crippen LogP contribution in [0.5, 0.6) is 5.75 Å². The molecule has 0 bridgehead atoms. The fourth-order valence-corrected chi connectivity index (χ4v) is 1.88. The van der Waals surface area contributed by atoms with Crippen molar-refractivity contribution in [2.45, 2.75) is 39.4 Å². The fourth-order valence-electron chi connectivity index (χ4n) is 1.88. The van der Waals surface area contributed by atoms with E-state index in [0.29, 0.717) is 6.42 Å². The van der Waals surface area contributed by atoms with Crippen LogP contribution in [-0.2, 0) is 4.74 Å². The molecule has 0 aliphatic heterocycles. The SMILES string of the molecule is COc1c(C(O)CC(C)OC)ccc(C)c1C. The van der Waals surface area contributed by atoms with Gasteiger partial charge in [-0.2, -0.15) is 0 Å². The van der Waals surface area contributed by atoms with Crippen LogP contribution in [0.3, 0.4) is 0 Å². The van der Waals surface area contributed by atoms with Gasteiger partial charge in [0.2, 0.25) is 0 Å². The van der Waals surface area contributed by atoms with Crippen LogP contribution in [0, 0.1) is 13.8 Å². The number of aliphatic hydroxyl groups excluding tert-OH is 1. The topological polar surface area (TPSA) is 38.7 Å². The van der Waals surface area contributed by atoms with Gasteiger partial charge in [-0.15, -0.1) is 0 Å².